The zero-order chi connectivity index (χ0) is 19.4. The minimum atomic E-state index is -3.57. The largest absolute Gasteiger partial charge is 0.322 e. The van der Waals surface area contributed by atoms with Crippen molar-refractivity contribution >= 4 is 39.3 Å². The summed E-state index contributed by atoms with van der Waals surface area (Å²) in [6, 6.07) is 10.3. The summed E-state index contributed by atoms with van der Waals surface area (Å²) in [5.41, 5.74) is 0.448. The van der Waals surface area contributed by atoms with Crippen LogP contribution in [0.3, 0.4) is 0 Å². The molecule has 1 N–H and O–H groups in total. The Morgan fingerprint density at radius 3 is 2.56 bits per heavy atom. The molecule has 0 bridgehead atoms. The van der Waals surface area contributed by atoms with E-state index in [0.29, 0.717) is 18.8 Å². The monoisotopic (exact) mass is 408 g/mol. The first-order valence-electron chi connectivity index (χ1n) is 8.41. The van der Waals surface area contributed by atoms with Gasteiger partial charge >= 0.3 is 0 Å². The van der Waals surface area contributed by atoms with Gasteiger partial charge in [0.25, 0.3) is 0 Å². The van der Waals surface area contributed by atoms with E-state index in [9.17, 15) is 17.6 Å². The van der Waals surface area contributed by atoms with Crippen molar-refractivity contribution < 1.29 is 17.6 Å². The fourth-order valence-corrected chi connectivity index (χ4v) is 4.61. The third-order valence-corrected chi connectivity index (χ3v) is 6.43. The molecule has 142 valence electrons. The van der Waals surface area contributed by atoms with Crippen molar-refractivity contribution in [1.82, 2.24) is 4.31 Å². The molecule has 27 heavy (non-hydrogen) atoms. The topological polar surface area (TPSA) is 66.5 Å². The summed E-state index contributed by atoms with van der Waals surface area (Å²) in [5, 5.41) is 2.77. The van der Waals surface area contributed by atoms with Gasteiger partial charge < -0.3 is 5.32 Å². The quantitative estimate of drug-likeness (QED) is 0.762. The third-order valence-electron chi connectivity index (χ3n) is 4.21. The highest BCUT2D eigenvalue weighted by Gasteiger charge is 2.27. The number of nitrogens with zero attached hydrogens (tertiary/aromatic N) is 1. The van der Waals surface area contributed by atoms with Gasteiger partial charge in [0.15, 0.2) is 0 Å². The number of rotatable bonds is 5. The second-order valence-electron chi connectivity index (χ2n) is 6.10. The molecule has 2 aromatic carbocycles. The maximum absolute atomic E-state index is 13.7. The fourth-order valence-electron chi connectivity index (χ4n) is 2.82. The van der Waals surface area contributed by atoms with Crippen molar-refractivity contribution in [3.05, 3.63) is 64.9 Å². The number of hydrogen-bond donors (Lipinski definition) is 1. The molecule has 0 aromatic heterocycles. The van der Waals surface area contributed by atoms with Gasteiger partial charge in [-0.2, -0.15) is 4.31 Å². The van der Waals surface area contributed by atoms with E-state index in [-0.39, 0.29) is 15.5 Å². The highest BCUT2D eigenvalue weighted by molar-refractivity contribution is 7.89. The van der Waals surface area contributed by atoms with Gasteiger partial charge in [-0.05, 0) is 49.2 Å². The normalized spacial score (nSPS) is 15.3. The molecule has 5 nitrogen and oxygen atoms in total. The lowest BCUT2D eigenvalue weighted by Gasteiger charge is -2.16. The van der Waals surface area contributed by atoms with Crippen LogP contribution < -0.4 is 5.32 Å². The van der Waals surface area contributed by atoms with Gasteiger partial charge in [0.2, 0.25) is 15.9 Å². The number of amides is 1. The third kappa shape index (κ3) is 4.55. The Bertz CT molecular complexity index is 966. The molecule has 0 spiro atoms. The van der Waals surface area contributed by atoms with Crippen LogP contribution in [-0.4, -0.2) is 31.7 Å². The van der Waals surface area contributed by atoms with Gasteiger partial charge in [0.05, 0.1) is 9.92 Å². The minimum absolute atomic E-state index is 0.111. The van der Waals surface area contributed by atoms with Crippen molar-refractivity contribution in [2.24, 2.45) is 0 Å². The van der Waals surface area contributed by atoms with Gasteiger partial charge in [-0.3, -0.25) is 4.79 Å². The number of halogens is 2. The van der Waals surface area contributed by atoms with Crippen molar-refractivity contribution in [3.8, 4) is 0 Å². The zero-order valence-electron chi connectivity index (χ0n) is 14.4. The smallest absolute Gasteiger partial charge is 0.248 e. The molecule has 1 aliphatic heterocycles. The van der Waals surface area contributed by atoms with Gasteiger partial charge in [-0.25, -0.2) is 12.8 Å². The summed E-state index contributed by atoms with van der Waals surface area (Å²) < 4.78 is 40.4. The zero-order valence-corrected chi connectivity index (χ0v) is 15.9. The van der Waals surface area contributed by atoms with E-state index in [2.05, 4.69) is 5.32 Å². The number of nitrogens with one attached hydrogen (secondary N) is 1. The van der Waals surface area contributed by atoms with E-state index in [1.165, 1.54) is 40.7 Å². The predicted octanol–water partition coefficient (Wildman–Crippen LogP) is 3.92. The molecule has 0 radical (unpaired) electrons. The summed E-state index contributed by atoms with van der Waals surface area (Å²) in [5.74, 6) is -1.06. The van der Waals surface area contributed by atoms with Crippen molar-refractivity contribution in [2.75, 3.05) is 18.4 Å². The number of carbonyl (C=O) groups excluding carboxylic acids is 1. The average Bonchev–Trinajstić information content (AvgIpc) is 3.17. The molecule has 1 amide bonds. The molecule has 1 fully saturated rings. The van der Waals surface area contributed by atoms with E-state index >= 15 is 0 Å². The molecule has 0 atom stereocenters. The Balaban J connectivity index is 1.74. The van der Waals surface area contributed by atoms with Gasteiger partial charge in [-0.1, -0.05) is 23.7 Å². The molecule has 1 aliphatic rings. The SMILES string of the molecule is O=C(C=Cc1c(F)cccc1Cl)Nc1cccc(S(=O)(=O)N2CCCC2)c1. The van der Waals surface area contributed by atoms with Crippen LogP contribution in [0.1, 0.15) is 18.4 Å². The van der Waals surface area contributed by atoms with Crippen molar-refractivity contribution in [1.29, 1.82) is 0 Å². The van der Waals surface area contributed by atoms with Crippen LogP contribution in [0.4, 0.5) is 10.1 Å². The number of anilines is 1. The molecular formula is C19H18ClFN2O3S. The summed E-state index contributed by atoms with van der Waals surface area (Å²) in [6.45, 7) is 1.01. The highest BCUT2D eigenvalue weighted by Crippen LogP contribution is 2.23. The lowest BCUT2D eigenvalue weighted by Crippen LogP contribution is -2.27. The van der Waals surface area contributed by atoms with Gasteiger partial charge in [-0.15, -0.1) is 0 Å². The molecule has 2 aromatic rings. The second kappa shape index (κ2) is 8.21. The second-order valence-corrected chi connectivity index (χ2v) is 8.44. The highest BCUT2D eigenvalue weighted by atomic mass is 35.5. The van der Waals surface area contributed by atoms with Crippen LogP contribution >= 0.6 is 11.6 Å². The molecule has 0 unspecified atom stereocenters. The summed E-state index contributed by atoms with van der Waals surface area (Å²) in [4.78, 5) is 12.2. The Kier molecular flexibility index (Phi) is 5.94. The number of sulfonamides is 1. The minimum Gasteiger partial charge on any atom is -0.322 e. The summed E-state index contributed by atoms with van der Waals surface area (Å²) >= 11 is 5.91. The molecule has 3 rings (SSSR count). The lowest BCUT2D eigenvalue weighted by atomic mass is 10.2. The van der Waals surface area contributed by atoms with E-state index in [1.54, 1.807) is 12.1 Å². The van der Waals surface area contributed by atoms with Gasteiger partial charge in [0.1, 0.15) is 5.82 Å². The van der Waals surface area contributed by atoms with E-state index in [1.807, 2.05) is 0 Å². The van der Waals surface area contributed by atoms with Crippen molar-refractivity contribution in [2.45, 2.75) is 17.7 Å². The van der Waals surface area contributed by atoms with E-state index < -0.39 is 21.7 Å². The van der Waals surface area contributed by atoms with Crippen molar-refractivity contribution in [3.63, 3.8) is 0 Å². The van der Waals surface area contributed by atoms with Crippen LogP contribution in [0.25, 0.3) is 6.08 Å². The molecule has 1 saturated heterocycles. The molecular weight excluding hydrogens is 391 g/mol. The molecule has 8 heteroatoms. The van der Waals surface area contributed by atoms with E-state index in [4.69, 9.17) is 11.6 Å². The lowest BCUT2D eigenvalue weighted by molar-refractivity contribution is -0.111. The van der Waals surface area contributed by atoms with E-state index in [0.717, 1.165) is 18.9 Å². The number of benzene rings is 2. The number of hydrogen-bond acceptors (Lipinski definition) is 3. The van der Waals surface area contributed by atoms with Crippen LogP contribution in [0.5, 0.6) is 0 Å². The fraction of sp³-hybridized carbons (Fsp3) is 0.211. The Labute approximate surface area is 162 Å². The van der Waals surface area contributed by atoms with Crippen LogP contribution in [0.2, 0.25) is 5.02 Å². The standard InChI is InChI=1S/C19H18ClFN2O3S/c20-17-7-4-8-18(21)16(17)9-10-19(24)22-14-5-3-6-15(13-14)27(25,26)23-11-1-2-12-23/h3-10,13H,1-2,11-12H2,(H,22,24). The Morgan fingerprint density at radius 2 is 1.85 bits per heavy atom. The maximum Gasteiger partial charge on any atom is 0.248 e. The Hall–Kier alpha value is -2.22. The predicted molar refractivity (Wildman–Crippen MR) is 104 cm³/mol. The van der Waals surface area contributed by atoms with Crippen LogP contribution in [0.15, 0.2) is 53.4 Å². The van der Waals surface area contributed by atoms with Crippen LogP contribution in [0, 0.1) is 5.82 Å². The maximum atomic E-state index is 13.7. The summed E-state index contributed by atoms with van der Waals surface area (Å²) in [7, 11) is -3.57. The molecule has 0 saturated carbocycles. The summed E-state index contributed by atoms with van der Waals surface area (Å²) in [6.07, 6.45) is 4.11. The first-order valence-corrected chi connectivity index (χ1v) is 10.2. The Morgan fingerprint density at radius 1 is 1.15 bits per heavy atom. The molecule has 1 heterocycles. The average molecular weight is 409 g/mol. The first-order chi connectivity index (χ1) is 12.9. The van der Waals surface area contributed by atoms with Crippen LogP contribution in [-0.2, 0) is 14.8 Å². The van der Waals surface area contributed by atoms with Gasteiger partial charge in [0, 0.05) is 30.4 Å². The number of carbonyl (C=O) groups is 1. The molecule has 0 aliphatic carbocycles. The first kappa shape index (κ1) is 19.5.